The number of halogens is 3. The third-order valence-corrected chi connectivity index (χ3v) is 4.31. The molecule has 1 N–H and O–H groups in total. The first kappa shape index (κ1) is 16.7. The van der Waals surface area contributed by atoms with Crippen LogP contribution in [0, 0.1) is 0 Å². The van der Waals surface area contributed by atoms with E-state index in [2.05, 4.69) is 15.1 Å². The van der Waals surface area contributed by atoms with Gasteiger partial charge in [-0.2, -0.15) is 17.3 Å². The van der Waals surface area contributed by atoms with Crippen molar-refractivity contribution in [2.45, 2.75) is 36.7 Å². The highest BCUT2D eigenvalue weighted by Gasteiger charge is 2.40. The summed E-state index contributed by atoms with van der Waals surface area (Å²) < 4.78 is 39.5. The molecule has 0 aliphatic carbocycles. The zero-order chi connectivity index (χ0) is 16.7. The van der Waals surface area contributed by atoms with E-state index in [0.717, 1.165) is 11.9 Å². The van der Waals surface area contributed by atoms with Crippen molar-refractivity contribution in [1.82, 2.24) is 19.2 Å². The molecule has 0 atom stereocenters. The van der Waals surface area contributed by atoms with Crippen LogP contribution >= 0.6 is 23.3 Å². The Hall–Kier alpha value is -1.62. The van der Waals surface area contributed by atoms with Crippen LogP contribution < -0.4 is 0 Å². The number of nitrogens with zero attached hydrogens (tertiary/aromatic N) is 4. The molecular formula is C11H11F3N4O2S2. The monoisotopic (exact) mass is 352 g/mol. The normalized spacial score (nSPS) is 12.6. The lowest BCUT2D eigenvalue weighted by Crippen LogP contribution is -2.13. The van der Waals surface area contributed by atoms with E-state index in [-0.39, 0.29) is 9.75 Å². The molecular weight excluding hydrogens is 341 g/mol. The van der Waals surface area contributed by atoms with Crippen LogP contribution in [0.3, 0.4) is 0 Å². The molecule has 0 bridgehead atoms. The van der Waals surface area contributed by atoms with Gasteiger partial charge in [-0.15, -0.1) is 5.10 Å². The molecule has 2 aromatic rings. The maximum Gasteiger partial charge on any atom is 0.435 e. The second-order valence-corrected chi connectivity index (χ2v) is 7.47. The Labute approximate surface area is 131 Å². The minimum Gasteiger partial charge on any atom is -0.477 e. The Balaban J connectivity index is 2.31. The van der Waals surface area contributed by atoms with Gasteiger partial charge in [0.05, 0.1) is 0 Å². The zero-order valence-electron chi connectivity index (χ0n) is 11.7. The Bertz CT molecular complexity index is 703. The molecule has 0 radical (unpaired) electrons. The van der Waals surface area contributed by atoms with Gasteiger partial charge in [0.2, 0.25) is 0 Å². The van der Waals surface area contributed by atoms with Gasteiger partial charge in [-0.25, -0.2) is 14.8 Å². The second kappa shape index (κ2) is 5.54. The van der Waals surface area contributed by atoms with Gasteiger partial charge in [0, 0.05) is 17.4 Å². The fourth-order valence-corrected chi connectivity index (χ4v) is 3.18. The molecule has 0 aromatic carbocycles. The number of aromatic nitrogens is 4. The van der Waals surface area contributed by atoms with E-state index in [0.29, 0.717) is 17.2 Å². The summed E-state index contributed by atoms with van der Waals surface area (Å²) in [6.45, 7) is 5.68. The summed E-state index contributed by atoms with van der Waals surface area (Å²) in [6.07, 6.45) is -3.47. The van der Waals surface area contributed by atoms with Crippen molar-refractivity contribution >= 4 is 29.3 Å². The average molecular weight is 352 g/mol. The molecule has 0 saturated heterocycles. The standard InChI is InChI=1S/C11H11F3N4O2S2/c1-10(2,3)8-15-4-18(17-8)22-9-16-6(11(12,13)14)5(21-9)7(19)20/h4H,1-3H3,(H,19,20). The first-order valence-electron chi connectivity index (χ1n) is 5.90. The number of hydrogen-bond acceptors (Lipinski definition) is 6. The van der Waals surface area contributed by atoms with Crippen LogP contribution in [-0.4, -0.2) is 30.2 Å². The number of thiazole rings is 1. The average Bonchev–Trinajstić information content (AvgIpc) is 2.94. The lowest BCUT2D eigenvalue weighted by molar-refractivity contribution is -0.141. The van der Waals surface area contributed by atoms with Crippen LogP contribution in [0.1, 0.15) is 42.0 Å². The molecule has 0 amide bonds. The summed E-state index contributed by atoms with van der Waals surface area (Å²) in [7, 11) is 0. The van der Waals surface area contributed by atoms with Gasteiger partial charge < -0.3 is 5.11 Å². The predicted molar refractivity (Wildman–Crippen MR) is 74.1 cm³/mol. The van der Waals surface area contributed by atoms with E-state index in [9.17, 15) is 18.0 Å². The smallest absolute Gasteiger partial charge is 0.435 e. The van der Waals surface area contributed by atoms with Gasteiger partial charge in [-0.05, 0) is 0 Å². The summed E-state index contributed by atoms with van der Waals surface area (Å²) >= 11 is 1.23. The fourth-order valence-electron chi connectivity index (χ4n) is 1.39. The molecule has 11 heteroatoms. The molecule has 0 spiro atoms. The van der Waals surface area contributed by atoms with Gasteiger partial charge in [0.1, 0.15) is 11.2 Å². The largest absolute Gasteiger partial charge is 0.477 e. The number of aromatic carboxylic acids is 1. The third kappa shape index (κ3) is 3.58. The van der Waals surface area contributed by atoms with Crippen molar-refractivity contribution in [1.29, 1.82) is 0 Å². The van der Waals surface area contributed by atoms with E-state index in [1.807, 2.05) is 20.8 Å². The molecule has 2 heterocycles. The number of carbonyl (C=O) groups is 1. The quantitative estimate of drug-likeness (QED) is 0.913. The van der Waals surface area contributed by atoms with E-state index in [1.54, 1.807) is 0 Å². The molecule has 0 saturated carbocycles. The van der Waals surface area contributed by atoms with Gasteiger partial charge in [0.25, 0.3) is 0 Å². The third-order valence-electron chi connectivity index (χ3n) is 2.38. The molecule has 120 valence electrons. The number of rotatable bonds is 3. The summed E-state index contributed by atoms with van der Waals surface area (Å²) in [4.78, 5) is 17.5. The molecule has 6 nitrogen and oxygen atoms in total. The van der Waals surface area contributed by atoms with E-state index in [4.69, 9.17) is 5.11 Å². The molecule has 0 fully saturated rings. The van der Waals surface area contributed by atoms with Gasteiger partial charge in [-0.1, -0.05) is 32.1 Å². The number of hydrogen-bond donors (Lipinski definition) is 1. The fraction of sp³-hybridized carbons (Fsp3) is 0.455. The SMILES string of the molecule is CC(C)(C)c1ncn(Sc2nc(C(F)(F)F)c(C(=O)O)s2)n1. The van der Waals surface area contributed by atoms with Crippen molar-refractivity contribution in [3.63, 3.8) is 0 Å². The van der Waals surface area contributed by atoms with Crippen molar-refractivity contribution in [2.24, 2.45) is 0 Å². The Morgan fingerprint density at radius 1 is 1.36 bits per heavy atom. The lowest BCUT2D eigenvalue weighted by Gasteiger charge is -2.12. The van der Waals surface area contributed by atoms with E-state index < -0.39 is 22.7 Å². The first-order chi connectivity index (χ1) is 9.98. The number of carboxylic acid groups (broad SMARTS) is 1. The van der Waals surface area contributed by atoms with Crippen LogP contribution in [0.2, 0.25) is 0 Å². The zero-order valence-corrected chi connectivity index (χ0v) is 13.3. The number of carboxylic acids is 1. The van der Waals surface area contributed by atoms with Crippen LogP contribution in [0.4, 0.5) is 13.2 Å². The van der Waals surface area contributed by atoms with Crippen molar-refractivity contribution in [3.05, 3.63) is 22.7 Å². The molecule has 0 aliphatic rings. The topological polar surface area (TPSA) is 80.9 Å². The highest BCUT2D eigenvalue weighted by atomic mass is 32.2. The Morgan fingerprint density at radius 2 is 2.00 bits per heavy atom. The minimum absolute atomic E-state index is 0.0740. The van der Waals surface area contributed by atoms with E-state index >= 15 is 0 Å². The van der Waals surface area contributed by atoms with Crippen molar-refractivity contribution in [2.75, 3.05) is 0 Å². The molecule has 2 aromatic heterocycles. The lowest BCUT2D eigenvalue weighted by atomic mass is 9.96. The molecule has 22 heavy (non-hydrogen) atoms. The number of alkyl halides is 3. The summed E-state index contributed by atoms with van der Waals surface area (Å²) in [5.41, 5.74) is -1.71. The van der Waals surface area contributed by atoms with Crippen molar-refractivity contribution in [3.8, 4) is 0 Å². The Kier molecular flexibility index (Phi) is 4.22. The summed E-state index contributed by atoms with van der Waals surface area (Å²) in [5.74, 6) is -1.14. The van der Waals surface area contributed by atoms with Crippen molar-refractivity contribution < 1.29 is 23.1 Å². The van der Waals surface area contributed by atoms with Gasteiger partial charge >= 0.3 is 12.1 Å². The maximum atomic E-state index is 12.8. The van der Waals surface area contributed by atoms with E-state index in [1.165, 1.54) is 10.4 Å². The minimum atomic E-state index is -4.82. The Morgan fingerprint density at radius 3 is 2.41 bits per heavy atom. The predicted octanol–water partition coefficient (Wildman–Crippen LogP) is 3.30. The second-order valence-electron chi connectivity index (χ2n) is 5.27. The molecule has 0 aliphatic heterocycles. The van der Waals surface area contributed by atoms with Crippen LogP contribution in [0.25, 0.3) is 0 Å². The van der Waals surface area contributed by atoms with Gasteiger partial charge in [0.15, 0.2) is 15.9 Å². The molecule has 2 rings (SSSR count). The van der Waals surface area contributed by atoms with Gasteiger partial charge in [-0.3, -0.25) is 0 Å². The first-order valence-corrected chi connectivity index (χ1v) is 7.49. The maximum absolute atomic E-state index is 12.8. The highest BCUT2D eigenvalue weighted by Crippen LogP contribution is 2.37. The summed E-state index contributed by atoms with van der Waals surface area (Å²) in [6, 6.07) is 0. The van der Waals surface area contributed by atoms with Crippen LogP contribution in [0.5, 0.6) is 0 Å². The summed E-state index contributed by atoms with van der Waals surface area (Å²) in [5, 5.41) is 13.0. The highest BCUT2D eigenvalue weighted by molar-refractivity contribution is 7.99. The molecule has 0 unspecified atom stereocenters. The van der Waals surface area contributed by atoms with Crippen LogP contribution in [0.15, 0.2) is 10.7 Å². The van der Waals surface area contributed by atoms with Crippen LogP contribution in [-0.2, 0) is 11.6 Å².